The molecule has 1 aliphatic carbocycles. The first kappa shape index (κ1) is 35.2. The van der Waals surface area contributed by atoms with Gasteiger partial charge in [-0.25, -0.2) is 9.18 Å². The van der Waals surface area contributed by atoms with Gasteiger partial charge in [0.25, 0.3) is 0 Å². The fourth-order valence-corrected chi connectivity index (χ4v) is 6.55. The van der Waals surface area contributed by atoms with Gasteiger partial charge in [0.05, 0.1) is 27.4 Å². The molecule has 0 radical (unpaired) electrons. The Morgan fingerprint density at radius 3 is 2.38 bits per heavy atom. The summed E-state index contributed by atoms with van der Waals surface area (Å²) >= 11 is 1.49. The third kappa shape index (κ3) is 11.0. The fourth-order valence-electron chi connectivity index (χ4n) is 4.55. The molecule has 2 aromatic carbocycles. The number of halogens is 1. The lowest BCUT2D eigenvalue weighted by atomic mass is 10.2. The molecule has 3 N–H and O–H groups in total. The fraction of sp³-hybridized carbons (Fsp3) is 0.324. The second-order valence-electron chi connectivity index (χ2n) is 11.6. The number of thiophene rings is 1. The van der Waals surface area contributed by atoms with Crippen LogP contribution in [-0.4, -0.2) is 54.1 Å². The maximum atomic E-state index is 14.7. The maximum Gasteiger partial charge on any atom is 0.319 e. The largest absolute Gasteiger partial charge is 0.494 e. The molecule has 0 unspecified atom stereocenters. The van der Waals surface area contributed by atoms with E-state index in [1.54, 1.807) is 18.3 Å². The number of aryl methyl sites for hydroxylation is 2. The summed E-state index contributed by atoms with van der Waals surface area (Å²) in [6.07, 6.45) is 9.32. The van der Waals surface area contributed by atoms with Gasteiger partial charge in [-0.1, -0.05) is 30.7 Å². The summed E-state index contributed by atoms with van der Waals surface area (Å²) in [6, 6.07) is 20.0. The highest BCUT2D eigenvalue weighted by Crippen LogP contribution is 2.39. The van der Waals surface area contributed by atoms with Gasteiger partial charge in [0.2, 0.25) is 0 Å². The molecule has 0 atom stereocenters. The van der Waals surface area contributed by atoms with Gasteiger partial charge < -0.3 is 25.4 Å². The van der Waals surface area contributed by atoms with Crippen molar-refractivity contribution in [2.45, 2.75) is 46.1 Å². The van der Waals surface area contributed by atoms with Crippen molar-refractivity contribution in [2.24, 2.45) is 0 Å². The first-order valence-corrected chi connectivity index (χ1v) is 18.6. The van der Waals surface area contributed by atoms with Crippen LogP contribution in [-0.2, 0) is 0 Å². The summed E-state index contributed by atoms with van der Waals surface area (Å²) in [6.45, 7) is 9.50. The molecule has 11 heteroatoms. The lowest BCUT2D eigenvalue weighted by molar-refractivity contribution is 0.251. The topological polar surface area (TPSA) is 97.4 Å². The van der Waals surface area contributed by atoms with Crippen molar-refractivity contribution in [2.75, 3.05) is 37.3 Å². The van der Waals surface area contributed by atoms with Crippen LogP contribution in [0.5, 0.6) is 17.2 Å². The average Bonchev–Trinajstić information content (AvgIpc) is 3.81. The third-order valence-electron chi connectivity index (χ3n) is 7.31. The van der Waals surface area contributed by atoms with Gasteiger partial charge in [0, 0.05) is 36.3 Å². The number of pyridine rings is 2. The van der Waals surface area contributed by atoms with E-state index < -0.39 is 5.82 Å². The minimum Gasteiger partial charge on any atom is -0.494 e. The van der Waals surface area contributed by atoms with Crippen molar-refractivity contribution in [1.29, 1.82) is 0 Å². The minimum absolute atomic E-state index is 0.0732. The molecule has 1 aliphatic heterocycles. The number of nitrogens with one attached hydrogen (secondary N) is 3. The van der Waals surface area contributed by atoms with E-state index in [0.29, 0.717) is 11.4 Å². The predicted octanol–water partition coefficient (Wildman–Crippen LogP) is 8.93. The van der Waals surface area contributed by atoms with Crippen LogP contribution in [0, 0.1) is 19.7 Å². The van der Waals surface area contributed by atoms with Gasteiger partial charge in [0.1, 0.15) is 11.5 Å². The summed E-state index contributed by atoms with van der Waals surface area (Å²) in [5.74, 6) is 0.993. The molecule has 2 aliphatic rings. The summed E-state index contributed by atoms with van der Waals surface area (Å²) in [7, 11) is 1.24. The van der Waals surface area contributed by atoms with Crippen LogP contribution in [0.4, 0.5) is 14.9 Å². The van der Waals surface area contributed by atoms with Crippen molar-refractivity contribution < 1.29 is 18.7 Å². The van der Waals surface area contributed by atoms with Gasteiger partial charge >= 0.3 is 6.03 Å². The van der Waals surface area contributed by atoms with Gasteiger partial charge in [-0.3, -0.25) is 9.97 Å². The van der Waals surface area contributed by atoms with Crippen LogP contribution in [0.25, 0.3) is 20.8 Å². The number of amides is 2. The first-order chi connectivity index (χ1) is 23.4. The molecular weight excluding hydrogens is 644 g/mol. The smallest absolute Gasteiger partial charge is 0.319 e. The van der Waals surface area contributed by atoms with Gasteiger partial charge in [-0.05, 0) is 100 Å². The minimum atomic E-state index is -0.564. The van der Waals surface area contributed by atoms with E-state index in [2.05, 4.69) is 51.9 Å². The Balaban J connectivity index is 0.000000217. The zero-order valence-corrected chi connectivity index (χ0v) is 29.5. The van der Waals surface area contributed by atoms with E-state index in [1.807, 2.05) is 43.5 Å². The quantitative estimate of drug-likeness (QED) is 0.141. The molecule has 1 saturated heterocycles. The molecule has 3 aromatic heterocycles. The Bertz CT molecular complexity index is 1750. The van der Waals surface area contributed by atoms with Crippen molar-refractivity contribution in [3.8, 4) is 27.8 Å². The number of nitrogens with zero attached hydrogens (tertiary/aromatic N) is 2. The Morgan fingerprint density at radius 1 is 0.979 bits per heavy atom. The zero-order chi connectivity index (χ0) is 33.7. The van der Waals surface area contributed by atoms with Crippen LogP contribution in [0.15, 0.2) is 79.1 Å². The summed E-state index contributed by atoms with van der Waals surface area (Å²) in [5, 5.41) is 8.73. The number of aromatic nitrogens is 2. The lowest BCUT2D eigenvalue weighted by Crippen LogP contribution is -2.30. The molecule has 2 amide bonds. The third-order valence-corrected chi connectivity index (χ3v) is 9.68. The maximum absolute atomic E-state index is 14.7. The summed E-state index contributed by atoms with van der Waals surface area (Å²) in [4.78, 5) is 21.7. The Hall–Kier alpha value is -4.11. The van der Waals surface area contributed by atoms with Gasteiger partial charge in [0.15, 0.2) is 11.6 Å². The highest BCUT2D eigenvalue weighted by Gasteiger charge is 2.23. The Morgan fingerprint density at radius 2 is 1.75 bits per heavy atom. The first-order valence-electron chi connectivity index (χ1n) is 16.4. The molecular formula is C37H43FN5O3PS. The second kappa shape index (κ2) is 17.9. The number of fused-ring (bicyclic) bond motifs is 1. The van der Waals surface area contributed by atoms with Gasteiger partial charge in [-0.15, -0.1) is 19.9 Å². The highest BCUT2D eigenvalue weighted by molar-refractivity contribution is 7.38. The molecule has 48 heavy (non-hydrogen) atoms. The standard InChI is InChI=1S/C23H19FN4O2S.C10H14O.C4H10NP/c1-13-2-6-17(26-12-13)21-11-18-22(31-21)20(8-9-25-18)30-19-7-5-15(10-16(19)24)28-23(29)27-14-3-4-14;1-3-8-11-10-6-4-9(2)5-7-10;1-3-6-4-2-5-1/h2,5-12,14H,3-4H2,1H3,(H2,27,28,29);4-7H,3,8H2,1-2H3;5-6H,1-4H2. The number of rotatable bonds is 8. The lowest BCUT2D eigenvalue weighted by Gasteiger charge is -2.10. The summed E-state index contributed by atoms with van der Waals surface area (Å²) < 4.78 is 26.7. The van der Waals surface area contributed by atoms with E-state index >= 15 is 0 Å². The van der Waals surface area contributed by atoms with Crippen molar-refractivity contribution in [3.05, 3.63) is 96.1 Å². The second-order valence-corrected chi connectivity index (χ2v) is 14.2. The van der Waals surface area contributed by atoms with Crippen molar-refractivity contribution in [1.82, 2.24) is 20.6 Å². The zero-order valence-electron chi connectivity index (χ0n) is 27.6. The number of hydrogen-bond acceptors (Lipinski definition) is 7. The Labute approximate surface area is 287 Å². The van der Waals surface area contributed by atoms with Crippen LogP contribution in [0.2, 0.25) is 0 Å². The molecule has 7 rings (SSSR count). The molecule has 252 valence electrons. The number of anilines is 1. The van der Waals surface area contributed by atoms with E-state index in [0.717, 1.165) is 58.0 Å². The molecule has 8 nitrogen and oxygen atoms in total. The Kier molecular flexibility index (Phi) is 13.1. The molecule has 4 heterocycles. The average molecular weight is 688 g/mol. The van der Waals surface area contributed by atoms with Crippen molar-refractivity contribution in [3.63, 3.8) is 0 Å². The SMILES string of the molecule is C1CPCCN1.CCCOc1ccc(C)cc1.Cc1ccc(-c2cc3nccc(Oc4ccc(NC(=O)NC5CC5)cc4F)c3s2)nc1. The van der Waals surface area contributed by atoms with Crippen LogP contribution >= 0.6 is 19.9 Å². The van der Waals surface area contributed by atoms with E-state index in [-0.39, 0.29) is 17.8 Å². The molecule has 2 fully saturated rings. The van der Waals surface area contributed by atoms with Crippen LogP contribution in [0.1, 0.15) is 37.3 Å². The molecule has 5 aromatic rings. The van der Waals surface area contributed by atoms with Crippen LogP contribution < -0.4 is 25.4 Å². The number of carbonyl (C=O) groups is 1. The summed E-state index contributed by atoms with van der Waals surface area (Å²) in [5.41, 5.74) is 4.34. The van der Waals surface area contributed by atoms with E-state index in [4.69, 9.17) is 9.47 Å². The number of ether oxygens (including phenoxy) is 2. The molecule has 0 spiro atoms. The van der Waals surface area contributed by atoms with Gasteiger partial charge in [-0.2, -0.15) is 0 Å². The monoisotopic (exact) mass is 687 g/mol. The van der Waals surface area contributed by atoms with E-state index in [1.165, 1.54) is 63.0 Å². The number of hydrogen-bond donors (Lipinski definition) is 3. The highest BCUT2D eigenvalue weighted by atomic mass is 32.1. The normalized spacial score (nSPS) is 13.8. The molecule has 1 saturated carbocycles. The van der Waals surface area contributed by atoms with Crippen LogP contribution in [0.3, 0.4) is 0 Å². The molecule has 0 bridgehead atoms. The number of carbonyl (C=O) groups excluding carboxylic acids is 1. The predicted molar refractivity (Wildman–Crippen MR) is 197 cm³/mol. The van der Waals surface area contributed by atoms with Crippen molar-refractivity contribution >= 4 is 41.9 Å². The number of benzene rings is 2. The van der Waals surface area contributed by atoms with E-state index in [9.17, 15) is 9.18 Å². The number of urea groups is 1.